The van der Waals surface area contributed by atoms with Gasteiger partial charge in [-0.2, -0.15) is 4.31 Å². The fourth-order valence-corrected chi connectivity index (χ4v) is 7.84. The van der Waals surface area contributed by atoms with Crippen molar-refractivity contribution in [3.8, 4) is 0 Å². The second kappa shape index (κ2) is 10.6. The van der Waals surface area contributed by atoms with Gasteiger partial charge >= 0.3 is 0 Å². The average molecular weight is 542 g/mol. The zero-order chi connectivity index (χ0) is 26.2. The first kappa shape index (κ1) is 26.0. The first-order valence-corrected chi connectivity index (χ1v) is 14.8. The molecular formula is C27H32FN5O2S2. The third kappa shape index (κ3) is 5.47. The topological polar surface area (TPSA) is 89.4 Å². The molecule has 0 radical (unpaired) electrons. The molecule has 1 aromatic heterocycles. The van der Waals surface area contributed by atoms with Crippen molar-refractivity contribution in [3.63, 3.8) is 0 Å². The van der Waals surface area contributed by atoms with Crippen LogP contribution in [0.25, 0.3) is 0 Å². The summed E-state index contributed by atoms with van der Waals surface area (Å²) in [4.78, 5) is 6.59. The second-order valence-corrected chi connectivity index (χ2v) is 13.3. The van der Waals surface area contributed by atoms with Crippen LogP contribution >= 0.6 is 11.3 Å². The first-order valence-electron chi connectivity index (χ1n) is 12.6. The Hall–Kier alpha value is -2.66. The van der Waals surface area contributed by atoms with Gasteiger partial charge in [0.1, 0.15) is 5.82 Å². The van der Waals surface area contributed by atoms with E-state index in [9.17, 15) is 12.8 Å². The molecule has 0 bridgehead atoms. The highest BCUT2D eigenvalue weighted by Gasteiger charge is 2.38. The largest absolute Gasteiger partial charge is 0.355 e. The van der Waals surface area contributed by atoms with E-state index in [0.29, 0.717) is 31.1 Å². The summed E-state index contributed by atoms with van der Waals surface area (Å²) < 4.78 is 42.2. The Labute approximate surface area is 221 Å². The van der Waals surface area contributed by atoms with E-state index in [1.165, 1.54) is 55.1 Å². The van der Waals surface area contributed by atoms with Crippen LogP contribution in [0.4, 0.5) is 15.8 Å². The van der Waals surface area contributed by atoms with E-state index in [2.05, 4.69) is 15.2 Å². The Morgan fingerprint density at radius 1 is 1.19 bits per heavy atom. The van der Waals surface area contributed by atoms with Crippen molar-refractivity contribution in [2.45, 2.75) is 43.4 Å². The molecule has 1 saturated carbocycles. The smallest absolute Gasteiger partial charge is 0.254 e. The Morgan fingerprint density at radius 2 is 1.95 bits per heavy atom. The lowest BCUT2D eigenvalue weighted by Gasteiger charge is -2.44. The Balaban J connectivity index is 1.47. The molecule has 7 nitrogen and oxygen atoms in total. The van der Waals surface area contributed by atoms with Crippen molar-refractivity contribution in [1.82, 2.24) is 14.2 Å². The van der Waals surface area contributed by atoms with Gasteiger partial charge in [-0.05, 0) is 80.1 Å². The molecule has 2 aromatic carbocycles. The number of hydrogen-bond donors (Lipinski definition) is 2. The van der Waals surface area contributed by atoms with Crippen LogP contribution in [0.5, 0.6) is 0 Å². The monoisotopic (exact) mass is 541 g/mol. The molecule has 10 heteroatoms. The van der Waals surface area contributed by atoms with Gasteiger partial charge in [0.2, 0.25) is 0 Å². The number of thiazole rings is 1. The Bertz CT molecular complexity index is 1390. The van der Waals surface area contributed by atoms with E-state index < -0.39 is 10.0 Å². The maximum absolute atomic E-state index is 13.5. The van der Waals surface area contributed by atoms with Crippen molar-refractivity contribution in [2.75, 3.05) is 31.5 Å². The molecule has 1 aliphatic heterocycles. The first-order chi connectivity index (χ1) is 17.7. The molecule has 0 spiro atoms. The fourth-order valence-electron chi connectivity index (χ4n) is 5.14. The van der Waals surface area contributed by atoms with Gasteiger partial charge in [-0.25, -0.2) is 17.8 Å². The Morgan fingerprint density at radius 3 is 2.57 bits per heavy atom. The molecule has 2 N–H and O–H groups in total. The van der Waals surface area contributed by atoms with Gasteiger partial charge in [0.15, 0.2) is 4.21 Å². The van der Waals surface area contributed by atoms with Crippen LogP contribution in [0, 0.1) is 31.0 Å². The number of aromatic nitrogens is 1. The van der Waals surface area contributed by atoms with Crippen LogP contribution in [-0.4, -0.2) is 55.0 Å². The van der Waals surface area contributed by atoms with Gasteiger partial charge in [-0.1, -0.05) is 6.42 Å². The number of sulfonamides is 1. The summed E-state index contributed by atoms with van der Waals surface area (Å²) in [5.41, 5.74) is 4.24. The van der Waals surface area contributed by atoms with Crippen LogP contribution in [0.15, 0.2) is 46.8 Å². The van der Waals surface area contributed by atoms with E-state index in [1.54, 1.807) is 16.4 Å². The average Bonchev–Trinajstić information content (AvgIpc) is 3.30. The number of hydrogen-bond acceptors (Lipinski definition) is 7. The van der Waals surface area contributed by atoms with Gasteiger partial charge in [-0.3, -0.25) is 4.90 Å². The van der Waals surface area contributed by atoms with Crippen molar-refractivity contribution in [2.24, 2.45) is 5.92 Å². The number of nitrogens with one attached hydrogen (secondary N) is 2. The van der Waals surface area contributed by atoms with E-state index in [-0.39, 0.29) is 16.1 Å². The molecule has 2 heterocycles. The highest BCUT2D eigenvalue weighted by atomic mass is 32.2. The minimum Gasteiger partial charge on any atom is -0.355 e. The predicted molar refractivity (Wildman–Crippen MR) is 146 cm³/mol. The highest BCUT2D eigenvalue weighted by molar-refractivity contribution is 7.91. The van der Waals surface area contributed by atoms with E-state index in [1.807, 2.05) is 26.0 Å². The molecule has 1 atom stereocenters. The normalized spacial score (nSPS) is 19.5. The zero-order valence-corrected chi connectivity index (χ0v) is 22.7. The molecule has 196 valence electrons. The van der Waals surface area contributed by atoms with E-state index in [4.69, 9.17) is 5.41 Å². The third-order valence-corrected chi connectivity index (χ3v) is 10.7. The fraction of sp³-hybridized carbons (Fsp3) is 0.407. The van der Waals surface area contributed by atoms with Gasteiger partial charge in [0.05, 0.1) is 11.2 Å². The SMILES string of the molecule is Cc1ncc(S(=O)(=O)N2CCN(CC3CCC3)[C@H](c3cc(C=N)c(Nc4ccc(F)cc4)cc3C)C2)s1. The summed E-state index contributed by atoms with van der Waals surface area (Å²) in [5, 5.41) is 12.1. The number of halogens is 1. The molecule has 5 rings (SSSR count). The summed E-state index contributed by atoms with van der Waals surface area (Å²) >= 11 is 1.21. The molecule has 3 aromatic rings. The minimum atomic E-state index is -3.63. The lowest BCUT2D eigenvalue weighted by atomic mass is 9.84. The summed E-state index contributed by atoms with van der Waals surface area (Å²) in [5.74, 6) is 0.345. The lowest BCUT2D eigenvalue weighted by molar-refractivity contribution is 0.0807. The maximum atomic E-state index is 13.5. The molecule has 2 aliphatic rings. The predicted octanol–water partition coefficient (Wildman–Crippen LogP) is 5.49. The number of nitrogens with zero attached hydrogens (tertiary/aromatic N) is 3. The van der Waals surface area contributed by atoms with Gasteiger partial charge in [-0.15, -0.1) is 11.3 Å². The lowest BCUT2D eigenvalue weighted by Crippen LogP contribution is -2.51. The van der Waals surface area contributed by atoms with Crippen LogP contribution in [0.1, 0.15) is 47.0 Å². The zero-order valence-electron chi connectivity index (χ0n) is 21.1. The molecule has 0 amide bonds. The summed E-state index contributed by atoms with van der Waals surface area (Å²) in [7, 11) is -3.63. The molecular weight excluding hydrogens is 509 g/mol. The number of rotatable bonds is 8. The van der Waals surface area contributed by atoms with Gasteiger partial charge in [0.25, 0.3) is 10.0 Å². The summed E-state index contributed by atoms with van der Waals surface area (Å²) in [6.07, 6.45) is 6.46. The molecule has 37 heavy (non-hydrogen) atoms. The molecule has 1 aliphatic carbocycles. The molecule has 0 unspecified atom stereocenters. The maximum Gasteiger partial charge on any atom is 0.254 e. The summed E-state index contributed by atoms with van der Waals surface area (Å²) in [6.45, 7) is 6.26. The second-order valence-electron chi connectivity index (χ2n) is 9.94. The van der Waals surface area contributed by atoms with Crippen LogP contribution < -0.4 is 5.32 Å². The van der Waals surface area contributed by atoms with Crippen molar-refractivity contribution >= 4 is 38.9 Å². The quantitative estimate of drug-likeness (QED) is 0.368. The van der Waals surface area contributed by atoms with E-state index >= 15 is 0 Å². The van der Waals surface area contributed by atoms with Crippen LogP contribution in [0.3, 0.4) is 0 Å². The van der Waals surface area contributed by atoms with Crippen molar-refractivity contribution < 1.29 is 12.8 Å². The van der Waals surface area contributed by atoms with Gasteiger partial charge in [0, 0.05) is 55.4 Å². The number of aryl methyl sites for hydroxylation is 2. The minimum absolute atomic E-state index is 0.114. The summed E-state index contributed by atoms with van der Waals surface area (Å²) in [6, 6.07) is 10.0. The number of piperazine rings is 1. The van der Waals surface area contributed by atoms with Crippen LogP contribution in [0.2, 0.25) is 0 Å². The third-order valence-electron chi connectivity index (χ3n) is 7.44. The molecule has 2 fully saturated rings. The highest BCUT2D eigenvalue weighted by Crippen LogP contribution is 2.37. The number of anilines is 2. The van der Waals surface area contributed by atoms with Crippen molar-refractivity contribution in [3.05, 3.63) is 70.1 Å². The van der Waals surface area contributed by atoms with E-state index in [0.717, 1.165) is 34.1 Å². The van der Waals surface area contributed by atoms with Gasteiger partial charge < -0.3 is 10.7 Å². The van der Waals surface area contributed by atoms with Crippen molar-refractivity contribution in [1.29, 1.82) is 5.41 Å². The van der Waals surface area contributed by atoms with Crippen LogP contribution in [-0.2, 0) is 10.0 Å². The Kier molecular flexibility index (Phi) is 7.44. The molecule has 1 saturated heterocycles. The number of benzene rings is 2. The standard InChI is InChI=1S/C27H32FN5O2S2/c1-18-12-25(31-23-8-6-22(28)7-9-23)21(14-29)13-24(18)26-17-33(11-10-32(26)16-20-4-3-5-20)37(34,35)27-15-30-19(2)36-27/h6-9,12-15,20,26,29,31H,3-5,10-11,16-17H2,1-2H3/t26-/m0/s1.